The van der Waals surface area contributed by atoms with Crippen molar-refractivity contribution in [3.8, 4) is 33.8 Å². The van der Waals surface area contributed by atoms with Gasteiger partial charge in [0.1, 0.15) is 0 Å². The van der Waals surface area contributed by atoms with E-state index in [2.05, 4.69) is 104 Å². The molecular formula is C36H43O+. The number of rotatable bonds is 15. The third kappa shape index (κ3) is 8.15. The molecule has 3 aromatic carbocycles. The van der Waals surface area contributed by atoms with E-state index in [0.29, 0.717) is 0 Å². The fourth-order valence-electron chi connectivity index (χ4n) is 5.20. The molecule has 1 nitrogen and oxygen atoms in total. The van der Waals surface area contributed by atoms with Gasteiger partial charge in [0, 0.05) is 5.56 Å². The molecule has 1 heterocycles. The first kappa shape index (κ1) is 26.9. The van der Waals surface area contributed by atoms with Gasteiger partial charge in [-0.2, -0.15) is 0 Å². The largest absolute Gasteiger partial charge is 0.364 e. The van der Waals surface area contributed by atoms with Gasteiger partial charge in [-0.25, -0.2) is 4.42 Å². The molecule has 0 aliphatic rings. The van der Waals surface area contributed by atoms with Crippen molar-refractivity contribution in [2.75, 3.05) is 0 Å². The minimum absolute atomic E-state index is 0.918. The monoisotopic (exact) mass is 491 g/mol. The Morgan fingerprint density at radius 3 is 1.49 bits per heavy atom. The predicted octanol–water partition coefficient (Wildman–Crippen LogP) is 11.4. The highest BCUT2D eigenvalue weighted by Gasteiger charge is 2.27. The zero-order valence-corrected chi connectivity index (χ0v) is 22.6. The van der Waals surface area contributed by atoms with Crippen LogP contribution in [0.2, 0.25) is 0 Å². The normalized spacial score (nSPS) is 11.1. The van der Waals surface area contributed by atoms with Crippen LogP contribution in [0.15, 0.2) is 101 Å². The fourth-order valence-corrected chi connectivity index (χ4v) is 5.20. The average molecular weight is 492 g/mol. The van der Waals surface area contributed by atoms with Crippen molar-refractivity contribution < 1.29 is 4.42 Å². The first-order valence-electron chi connectivity index (χ1n) is 14.5. The fraction of sp³-hybridized carbons (Fsp3) is 0.361. The molecule has 37 heavy (non-hydrogen) atoms. The molecule has 1 aromatic heterocycles. The highest BCUT2D eigenvalue weighted by molar-refractivity contribution is 5.79. The molecule has 0 amide bonds. The molecule has 0 radical (unpaired) electrons. The summed E-state index contributed by atoms with van der Waals surface area (Å²) in [6.45, 7) is 2.29. The topological polar surface area (TPSA) is 11.3 Å². The Labute approximate surface area is 224 Å². The highest BCUT2D eigenvalue weighted by atomic mass is 16.3. The molecule has 192 valence electrons. The van der Waals surface area contributed by atoms with Gasteiger partial charge in [0.25, 0.3) is 0 Å². The van der Waals surface area contributed by atoms with Crippen LogP contribution >= 0.6 is 0 Å². The van der Waals surface area contributed by atoms with Crippen LogP contribution in [0, 0.1) is 0 Å². The van der Waals surface area contributed by atoms with Crippen LogP contribution in [-0.2, 0) is 6.42 Å². The Kier molecular flexibility index (Phi) is 11.0. The molecule has 0 bridgehead atoms. The zero-order chi connectivity index (χ0) is 25.5. The summed E-state index contributed by atoms with van der Waals surface area (Å²) in [6, 6.07) is 34.2. The number of hydrogen-bond donors (Lipinski definition) is 0. The maximum Gasteiger partial charge on any atom is 0.364 e. The molecule has 0 aliphatic heterocycles. The van der Waals surface area contributed by atoms with E-state index in [0.717, 1.165) is 29.1 Å². The zero-order valence-electron chi connectivity index (χ0n) is 22.6. The third-order valence-corrected chi connectivity index (χ3v) is 7.30. The molecule has 0 fully saturated rings. The van der Waals surface area contributed by atoms with E-state index >= 15 is 0 Å². The molecule has 0 spiro atoms. The molecule has 0 aliphatic carbocycles. The Bertz CT molecular complexity index is 1100. The van der Waals surface area contributed by atoms with Gasteiger partial charge in [-0.3, -0.25) is 0 Å². The number of hydrogen-bond acceptors (Lipinski definition) is 0. The van der Waals surface area contributed by atoms with Gasteiger partial charge in [-0.1, -0.05) is 138 Å². The van der Waals surface area contributed by atoms with E-state index in [1.807, 2.05) is 0 Å². The van der Waals surface area contributed by atoms with Crippen LogP contribution in [0.1, 0.15) is 83.1 Å². The van der Waals surface area contributed by atoms with Crippen LogP contribution in [0.3, 0.4) is 0 Å². The van der Waals surface area contributed by atoms with Gasteiger partial charge >= 0.3 is 11.5 Å². The minimum Gasteiger partial charge on any atom is -0.206 e. The van der Waals surface area contributed by atoms with Crippen molar-refractivity contribution in [3.63, 3.8) is 0 Å². The average Bonchev–Trinajstić information content (AvgIpc) is 2.97. The van der Waals surface area contributed by atoms with Crippen LogP contribution < -0.4 is 0 Å². The van der Waals surface area contributed by atoms with E-state index in [4.69, 9.17) is 4.42 Å². The smallest absolute Gasteiger partial charge is 0.206 e. The van der Waals surface area contributed by atoms with E-state index in [-0.39, 0.29) is 0 Å². The summed E-state index contributed by atoms with van der Waals surface area (Å²) in [4.78, 5) is 0. The van der Waals surface area contributed by atoms with Crippen molar-refractivity contribution in [2.45, 2.75) is 84.0 Å². The van der Waals surface area contributed by atoms with E-state index in [1.54, 1.807) is 0 Å². The summed E-state index contributed by atoms with van der Waals surface area (Å²) in [5.74, 6) is 1.92. The second-order valence-corrected chi connectivity index (χ2v) is 10.2. The highest BCUT2D eigenvalue weighted by Crippen LogP contribution is 2.38. The lowest BCUT2D eigenvalue weighted by Gasteiger charge is -2.10. The van der Waals surface area contributed by atoms with Crippen LogP contribution in [0.25, 0.3) is 33.8 Å². The van der Waals surface area contributed by atoms with Gasteiger partial charge in [0.15, 0.2) is 0 Å². The summed E-state index contributed by atoms with van der Waals surface area (Å²) < 4.78 is 6.69. The van der Waals surface area contributed by atoms with E-state index < -0.39 is 0 Å². The summed E-state index contributed by atoms with van der Waals surface area (Å²) in [7, 11) is 0. The van der Waals surface area contributed by atoms with Crippen molar-refractivity contribution in [1.29, 1.82) is 0 Å². The van der Waals surface area contributed by atoms with E-state index in [9.17, 15) is 0 Å². The first-order chi connectivity index (χ1) is 18.4. The molecule has 0 saturated carbocycles. The lowest BCUT2D eigenvalue weighted by atomic mass is 9.92. The summed E-state index contributed by atoms with van der Waals surface area (Å²) in [6.07, 6.45) is 16.0. The van der Waals surface area contributed by atoms with Gasteiger partial charge in [-0.05, 0) is 42.7 Å². The lowest BCUT2D eigenvalue weighted by molar-refractivity contribution is 0.545. The van der Waals surface area contributed by atoms with E-state index in [1.165, 1.54) is 87.3 Å². The second kappa shape index (κ2) is 15.2. The van der Waals surface area contributed by atoms with Crippen molar-refractivity contribution in [3.05, 3.63) is 103 Å². The van der Waals surface area contributed by atoms with Gasteiger partial charge in [0.05, 0.1) is 22.8 Å². The van der Waals surface area contributed by atoms with Crippen LogP contribution in [0.4, 0.5) is 0 Å². The summed E-state index contributed by atoms with van der Waals surface area (Å²) >= 11 is 0. The molecule has 4 rings (SSSR count). The maximum absolute atomic E-state index is 6.69. The van der Waals surface area contributed by atoms with Gasteiger partial charge in [0.2, 0.25) is 0 Å². The van der Waals surface area contributed by atoms with Crippen molar-refractivity contribution >= 4 is 0 Å². The Balaban J connectivity index is 1.51. The van der Waals surface area contributed by atoms with Crippen molar-refractivity contribution in [1.82, 2.24) is 0 Å². The SMILES string of the molecule is CCCCCCCCCCCCCc1c(-c2ccccc2)cc(-c2ccccc2)[o+]c1-c1ccccc1. The molecule has 0 atom stereocenters. The summed E-state index contributed by atoms with van der Waals surface area (Å²) in [5, 5.41) is 0. The standard InChI is InChI=1S/C36H43O/c1-2-3-4-5-6-7-8-9-10-11-21-28-33-34(30-22-15-12-16-23-30)29-35(31-24-17-13-18-25-31)37-36(33)32-26-19-14-20-27-32/h12-20,22-27,29H,2-11,21,28H2,1H3/q+1. The molecule has 0 unspecified atom stereocenters. The number of benzene rings is 3. The number of unbranched alkanes of at least 4 members (excludes halogenated alkanes) is 10. The summed E-state index contributed by atoms with van der Waals surface area (Å²) in [5.41, 5.74) is 6.13. The van der Waals surface area contributed by atoms with Gasteiger partial charge in [-0.15, -0.1) is 0 Å². The quantitative estimate of drug-likeness (QED) is 0.119. The predicted molar refractivity (Wildman–Crippen MR) is 160 cm³/mol. The second-order valence-electron chi connectivity index (χ2n) is 10.2. The van der Waals surface area contributed by atoms with Crippen molar-refractivity contribution in [2.24, 2.45) is 0 Å². The minimum atomic E-state index is 0.918. The Morgan fingerprint density at radius 1 is 0.486 bits per heavy atom. The molecular weight excluding hydrogens is 448 g/mol. The molecule has 1 heteroatoms. The first-order valence-corrected chi connectivity index (χ1v) is 14.5. The van der Waals surface area contributed by atoms with Crippen LogP contribution in [0.5, 0.6) is 0 Å². The van der Waals surface area contributed by atoms with Crippen LogP contribution in [-0.4, -0.2) is 0 Å². The van der Waals surface area contributed by atoms with Gasteiger partial charge < -0.3 is 0 Å². The molecule has 4 aromatic rings. The lowest BCUT2D eigenvalue weighted by Crippen LogP contribution is -1.97. The Morgan fingerprint density at radius 2 is 0.946 bits per heavy atom. The Hall–Kier alpha value is -3.19. The third-order valence-electron chi connectivity index (χ3n) is 7.30. The molecule has 0 saturated heterocycles. The molecule has 0 N–H and O–H groups in total. The maximum atomic E-state index is 6.69.